The Morgan fingerprint density at radius 3 is 2.24 bits per heavy atom. The molecule has 3 rings (SSSR count). The van der Waals surface area contributed by atoms with Crippen molar-refractivity contribution in [1.29, 1.82) is 0 Å². The van der Waals surface area contributed by atoms with Gasteiger partial charge in [-0.25, -0.2) is 8.42 Å². The van der Waals surface area contributed by atoms with E-state index in [1.54, 1.807) is 29.2 Å². The highest BCUT2D eigenvalue weighted by molar-refractivity contribution is 7.91. The molecule has 1 fully saturated rings. The zero-order valence-electron chi connectivity index (χ0n) is 17.2. The van der Waals surface area contributed by atoms with Crippen molar-refractivity contribution in [2.75, 3.05) is 37.1 Å². The van der Waals surface area contributed by atoms with Crippen molar-refractivity contribution in [1.82, 2.24) is 4.90 Å². The summed E-state index contributed by atoms with van der Waals surface area (Å²) >= 11 is 0. The third-order valence-corrected chi connectivity index (χ3v) is 6.88. The Bertz CT molecular complexity index is 938. The summed E-state index contributed by atoms with van der Waals surface area (Å²) in [5.74, 6) is 0.695. The maximum absolute atomic E-state index is 13.3. The van der Waals surface area contributed by atoms with Gasteiger partial charge in [-0.3, -0.25) is 4.79 Å². The lowest BCUT2D eigenvalue weighted by atomic mass is 10.1. The van der Waals surface area contributed by atoms with Gasteiger partial charge < -0.3 is 14.5 Å². The molecule has 1 aliphatic heterocycles. The van der Waals surface area contributed by atoms with Crippen LogP contribution in [0.1, 0.15) is 29.3 Å². The first-order chi connectivity index (χ1) is 13.8. The fourth-order valence-corrected chi connectivity index (χ4v) is 5.24. The quantitative estimate of drug-likeness (QED) is 0.694. The molecular formula is C22H28N2O4S. The van der Waals surface area contributed by atoms with Crippen LogP contribution in [0.2, 0.25) is 0 Å². The third-order valence-electron chi connectivity index (χ3n) is 5.13. The summed E-state index contributed by atoms with van der Waals surface area (Å²) in [6, 6.07) is 14.7. The van der Waals surface area contributed by atoms with Crippen molar-refractivity contribution in [2.45, 2.75) is 25.9 Å². The molecule has 1 atom stereocenters. The molecule has 2 aromatic rings. The van der Waals surface area contributed by atoms with E-state index in [-0.39, 0.29) is 23.5 Å². The topological polar surface area (TPSA) is 66.9 Å². The van der Waals surface area contributed by atoms with Crippen LogP contribution in [-0.4, -0.2) is 57.5 Å². The summed E-state index contributed by atoms with van der Waals surface area (Å²) < 4.78 is 29.5. The number of nitrogens with zero attached hydrogens (tertiary/aromatic N) is 2. The smallest absolute Gasteiger partial charge is 0.254 e. The van der Waals surface area contributed by atoms with E-state index in [4.69, 9.17) is 4.74 Å². The Morgan fingerprint density at radius 1 is 1.07 bits per heavy atom. The van der Waals surface area contributed by atoms with Crippen LogP contribution in [-0.2, 0) is 16.4 Å². The van der Waals surface area contributed by atoms with Crippen LogP contribution >= 0.6 is 0 Å². The lowest BCUT2D eigenvalue weighted by Crippen LogP contribution is -2.40. The molecule has 6 nitrogen and oxygen atoms in total. The number of hydrogen-bond donors (Lipinski definition) is 0. The Labute approximate surface area is 173 Å². The first-order valence-corrected chi connectivity index (χ1v) is 11.6. The monoisotopic (exact) mass is 416 g/mol. The Hall–Kier alpha value is -2.54. The molecule has 29 heavy (non-hydrogen) atoms. The fraction of sp³-hybridized carbons (Fsp3) is 0.409. The average Bonchev–Trinajstić information content (AvgIpc) is 3.06. The molecule has 0 unspecified atom stereocenters. The van der Waals surface area contributed by atoms with Gasteiger partial charge in [0.15, 0.2) is 9.84 Å². The summed E-state index contributed by atoms with van der Waals surface area (Å²) in [5.41, 5.74) is 2.57. The van der Waals surface area contributed by atoms with Crippen LogP contribution in [0, 0.1) is 0 Å². The molecule has 0 aliphatic carbocycles. The molecule has 2 aromatic carbocycles. The van der Waals surface area contributed by atoms with Gasteiger partial charge in [0, 0.05) is 37.9 Å². The number of ether oxygens (including phenoxy) is 1. The molecule has 0 radical (unpaired) electrons. The second-order valence-corrected chi connectivity index (χ2v) is 9.74. The van der Waals surface area contributed by atoms with Crippen LogP contribution in [0.5, 0.6) is 5.75 Å². The molecule has 0 saturated carbocycles. The summed E-state index contributed by atoms with van der Waals surface area (Å²) in [5, 5.41) is 0. The molecule has 0 N–H and O–H groups in total. The van der Waals surface area contributed by atoms with E-state index < -0.39 is 9.84 Å². The number of rotatable bonds is 7. The third kappa shape index (κ3) is 5.29. The van der Waals surface area contributed by atoms with Crippen LogP contribution in [0.15, 0.2) is 48.5 Å². The van der Waals surface area contributed by atoms with Crippen molar-refractivity contribution < 1.29 is 17.9 Å². The molecular weight excluding hydrogens is 388 g/mol. The maximum Gasteiger partial charge on any atom is 0.254 e. The van der Waals surface area contributed by atoms with Crippen LogP contribution < -0.4 is 9.64 Å². The first-order valence-electron chi connectivity index (χ1n) is 9.79. The molecule has 7 heteroatoms. The average molecular weight is 417 g/mol. The van der Waals surface area contributed by atoms with Gasteiger partial charge in [0.2, 0.25) is 0 Å². The molecule has 0 bridgehead atoms. The second-order valence-electron chi connectivity index (χ2n) is 7.51. The van der Waals surface area contributed by atoms with Gasteiger partial charge in [-0.2, -0.15) is 0 Å². The molecule has 1 saturated heterocycles. The highest BCUT2D eigenvalue weighted by atomic mass is 32.2. The van der Waals surface area contributed by atoms with E-state index in [1.807, 2.05) is 50.2 Å². The minimum atomic E-state index is -3.10. The number of amides is 1. The number of carbonyl (C=O) groups is 1. The SMILES string of the molecule is CCOc1ccc(C(=O)N(Cc2ccc(N(C)C)cc2)[C@@H]2CCS(=O)(=O)C2)cc1. The summed E-state index contributed by atoms with van der Waals surface area (Å²) in [7, 11) is 0.844. The lowest BCUT2D eigenvalue weighted by Gasteiger charge is -2.29. The fourth-order valence-electron chi connectivity index (χ4n) is 3.51. The Morgan fingerprint density at radius 2 is 1.72 bits per heavy atom. The number of sulfone groups is 1. The van der Waals surface area contributed by atoms with Gasteiger partial charge >= 0.3 is 0 Å². The van der Waals surface area contributed by atoms with Gasteiger partial charge in [-0.1, -0.05) is 12.1 Å². The molecule has 1 heterocycles. The van der Waals surface area contributed by atoms with Crippen LogP contribution in [0.3, 0.4) is 0 Å². The summed E-state index contributed by atoms with van der Waals surface area (Å²) in [4.78, 5) is 17.0. The lowest BCUT2D eigenvalue weighted by molar-refractivity contribution is 0.0681. The van der Waals surface area contributed by atoms with Gasteiger partial charge in [-0.15, -0.1) is 0 Å². The van der Waals surface area contributed by atoms with Gasteiger partial charge in [0.05, 0.1) is 18.1 Å². The van der Waals surface area contributed by atoms with E-state index in [2.05, 4.69) is 0 Å². The normalized spacial score (nSPS) is 17.7. The molecule has 0 aromatic heterocycles. The molecule has 1 amide bonds. The number of anilines is 1. The predicted octanol–water partition coefficient (Wildman–Crippen LogP) is 2.98. The first kappa shape index (κ1) is 21.2. The molecule has 1 aliphatic rings. The van der Waals surface area contributed by atoms with Gasteiger partial charge in [0.25, 0.3) is 5.91 Å². The van der Waals surface area contributed by atoms with Crippen molar-refractivity contribution in [3.63, 3.8) is 0 Å². The zero-order valence-corrected chi connectivity index (χ0v) is 18.0. The van der Waals surface area contributed by atoms with Gasteiger partial charge in [-0.05, 0) is 55.3 Å². The highest BCUT2D eigenvalue weighted by Gasteiger charge is 2.35. The standard InChI is InChI=1S/C22H28N2O4S/c1-4-28-21-11-7-18(8-12-21)22(25)24(20-13-14-29(26,27)16-20)15-17-5-9-19(10-6-17)23(2)3/h5-12,20H,4,13-16H2,1-3H3/t20-/m1/s1. The predicted molar refractivity (Wildman–Crippen MR) is 115 cm³/mol. The van der Waals surface area contributed by atoms with E-state index in [0.717, 1.165) is 11.3 Å². The van der Waals surface area contributed by atoms with Crippen molar-refractivity contribution in [3.8, 4) is 5.75 Å². The van der Waals surface area contributed by atoms with Crippen molar-refractivity contribution in [2.24, 2.45) is 0 Å². The number of hydrogen-bond acceptors (Lipinski definition) is 5. The largest absolute Gasteiger partial charge is 0.494 e. The van der Waals surface area contributed by atoms with Crippen LogP contribution in [0.4, 0.5) is 5.69 Å². The minimum Gasteiger partial charge on any atom is -0.494 e. The van der Waals surface area contributed by atoms with E-state index >= 15 is 0 Å². The van der Waals surface area contributed by atoms with Gasteiger partial charge in [0.1, 0.15) is 5.75 Å². The highest BCUT2D eigenvalue weighted by Crippen LogP contribution is 2.24. The van der Waals surface area contributed by atoms with Crippen molar-refractivity contribution >= 4 is 21.4 Å². The second kappa shape index (κ2) is 8.86. The minimum absolute atomic E-state index is 0.0194. The maximum atomic E-state index is 13.3. The number of carbonyl (C=O) groups excluding carboxylic acids is 1. The van der Waals surface area contributed by atoms with E-state index in [1.165, 1.54) is 0 Å². The van der Waals surface area contributed by atoms with E-state index in [0.29, 0.717) is 30.9 Å². The summed E-state index contributed by atoms with van der Waals surface area (Å²) in [6.45, 7) is 2.84. The summed E-state index contributed by atoms with van der Waals surface area (Å²) in [6.07, 6.45) is 0.473. The van der Waals surface area contributed by atoms with Crippen molar-refractivity contribution in [3.05, 3.63) is 59.7 Å². The Kier molecular flexibility index (Phi) is 6.47. The van der Waals surface area contributed by atoms with Crippen LogP contribution in [0.25, 0.3) is 0 Å². The van der Waals surface area contributed by atoms with E-state index in [9.17, 15) is 13.2 Å². The molecule has 0 spiro atoms. The zero-order chi connectivity index (χ0) is 21.0. The Balaban J connectivity index is 1.85. The molecule has 156 valence electrons. The number of benzene rings is 2.